The molecule has 0 aliphatic heterocycles. The fourth-order valence-electron chi connectivity index (χ4n) is 5.03. The fourth-order valence-corrected chi connectivity index (χ4v) is 5.03. The van der Waals surface area contributed by atoms with Gasteiger partial charge in [-0.3, -0.25) is 0 Å². The van der Waals surface area contributed by atoms with Crippen molar-refractivity contribution in [1.82, 2.24) is 0 Å². The van der Waals surface area contributed by atoms with Gasteiger partial charge in [0.25, 0.3) is 0 Å². The molecule has 102 valence electrons. The van der Waals surface area contributed by atoms with Gasteiger partial charge in [-0.25, -0.2) is 0 Å². The highest BCUT2D eigenvalue weighted by Crippen LogP contribution is 2.57. The van der Waals surface area contributed by atoms with Crippen LogP contribution < -0.4 is 0 Å². The molecule has 0 aromatic heterocycles. The Kier molecular flexibility index (Phi) is 4.21. The summed E-state index contributed by atoms with van der Waals surface area (Å²) in [5.41, 5.74) is 9.01. The summed E-state index contributed by atoms with van der Waals surface area (Å²) in [4.78, 5) is 2.94. The number of hydrogen-bond acceptors (Lipinski definition) is 1. The van der Waals surface area contributed by atoms with Gasteiger partial charge in [0.15, 0.2) is 0 Å². The Balaban J connectivity index is 2.16. The third-order valence-corrected chi connectivity index (χ3v) is 5.91. The van der Waals surface area contributed by atoms with Crippen LogP contribution in [0.5, 0.6) is 0 Å². The Hall–Kier alpha value is -0.690. The lowest BCUT2D eigenvalue weighted by atomic mass is 9.50. The van der Waals surface area contributed by atoms with Crippen molar-refractivity contribution in [3.8, 4) is 0 Å². The van der Waals surface area contributed by atoms with Gasteiger partial charge in [-0.05, 0) is 53.9 Å². The Labute approximate surface area is 111 Å². The SMILES string of the molecule is C[C@H](CN=[N+]=[N-])C1CCCC2[C@@H](C)CCC[C@]12C. The van der Waals surface area contributed by atoms with E-state index < -0.39 is 0 Å². The monoisotopic (exact) mass is 249 g/mol. The Morgan fingerprint density at radius 1 is 1.33 bits per heavy atom. The van der Waals surface area contributed by atoms with Gasteiger partial charge in [0.2, 0.25) is 0 Å². The third-order valence-electron chi connectivity index (χ3n) is 5.91. The highest BCUT2D eigenvalue weighted by molar-refractivity contribution is 4.98. The van der Waals surface area contributed by atoms with Crippen LogP contribution in [0, 0.1) is 29.1 Å². The van der Waals surface area contributed by atoms with Crippen molar-refractivity contribution in [2.24, 2.45) is 34.2 Å². The summed E-state index contributed by atoms with van der Waals surface area (Å²) in [5, 5.41) is 3.82. The summed E-state index contributed by atoms with van der Waals surface area (Å²) in [7, 11) is 0. The maximum atomic E-state index is 8.51. The lowest BCUT2D eigenvalue weighted by Gasteiger charge is -2.55. The van der Waals surface area contributed by atoms with Crippen LogP contribution in [-0.4, -0.2) is 6.54 Å². The summed E-state index contributed by atoms with van der Waals surface area (Å²) in [6.45, 7) is 7.93. The molecule has 3 heteroatoms. The van der Waals surface area contributed by atoms with Crippen LogP contribution in [0.15, 0.2) is 5.11 Å². The maximum Gasteiger partial charge on any atom is 0.0286 e. The zero-order chi connectivity index (χ0) is 13.2. The predicted octanol–water partition coefficient (Wildman–Crippen LogP) is 5.18. The summed E-state index contributed by atoms with van der Waals surface area (Å²) in [6, 6.07) is 0. The molecule has 18 heavy (non-hydrogen) atoms. The van der Waals surface area contributed by atoms with E-state index in [9.17, 15) is 0 Å². The highest BCUT2D eigenvalue weighted by Gasteiger charge is 2.48. The molecular formula is C15H27N3. The molecule has 2 aliphatic carbocycles. The third kappa shape index (κ3) is 2.38. The molecule has 2 saturated carbocycles. The van der Waals surface area contributed by atoms with Crippen molar-refractivity contribution in [2.45, 2.75) is 59.3 Å². The second-order valence-electron chi connectivity index (χ2n) is 6.91. The van der Waals surface area contributed by atoms with Gasteiger partial charge >= 0.3 is 0 Å². The zero-order valence-corrected chi connectivity index (χ0v) is 12.1. The standard InChI is InChI=1S/C15H27N3/c1-11-6-5-9-15(3)13(11)7-4-8-14(15)12(2)10-17-18-16/h11-14H,4-10H2,1-3H3/t11-,12+,13?,14?,15-/m0/s1. The van der Waals surface area contributed by atoms with Crippen LogP contribution in [0.4, 0.5) is 0 Å². The number of azide groups is 1. The Morgan fingerprint density at radius 2 is 2.11 bits per heavy atom. The molecule has 0 N–H and O–H groups in total. The molecule has 3 nitrogen and oxygen atoms in total. The van der Waals surface area contributed by atoms with Crippen molar-refractivity contribution in [3.05, 3.63) is 10.4 Å². The van der Waals surface area contributed by atoms with Crippen molar-refractivity contribution in [2.75, 3.05) is 6.54 Å². The van der Waals surface area contributed by atoms with Gasteiger partial charge in [-0.2, -0.15) is 0 Å². The van der Waals surface area contributed by atoms with Gasteiger partial charge in [-0.15, -0.1) is 0 Å². The topological polar surface area (TPSA) is 48.8 Å². The van der Waals surface area contributed by atoms with Crippen molar-refractivity contribution in [3.63, 3.8) is 0 Å². The number of hydrogen-bond donors (Lipinski definition) is 0. The van der Waals surface area contributed by atoms with E-state index in [4.69, 9.17) is 5.53 Å². The molecule has 2 aliphatic rings. The number of fused-ring (bicyclic) bond motifs is 1. The van der Waals surface area contributed by atoms with E-state index in [1.807, 2.05) is 0 Å². The minimum absolute atomic E-state index is 0.500. The highest BCUT2D eigenvalue weighted by atomic mass is 15.1. The van der Waals surface area contributed by atoms with Gasteiger partial charge in [-0.1, -0.05) is 45.1 Å². The number of rotatable bonds is 3. The van der Waals surface area contributed by atoms with E-state index in [2.05, 4.69) is 30.8 Å². The van der Waals surface area contributed by atoms with Gasteiger partial charge in [0.05, 0.1) is 0 Å². The van der Waals surface area contributed by atoms with Crippen LogP contribution in [0.3, 0.4) is 0 Å². The molecule has 0 bridgehead atoms. The van der Waals surface area contributed by atoms with Crippen LogP contribution in [0.25, 0.3) is 10.4 Å². The average molecular weight is 249 g/mol. The van der Waals surface area contributed by atoms with E-state index in [1.165, 1.54) is 38.5 Å². The summed E-state index contributed by atoms with van der Waals surface area (Å²) < 4.78 is 0. The van der Waals surface area contributed by atoms with Crippen molar-refractivity contribution >= 4 is 0 Å². The minimum Gasteiger partial charge on any atom is -0.0937 e. The summed E-state index contributed by atoms with van der Waals surface area (Å²) in [5.74, 6) is 3.08. The van der Waals surface area contributed by atoms with E-state index in [-0.39, 0.29) is 0 Å². The molecule has 0 heterocycles. The van der Waals surface area contributed by atoms with Crippen molar-refractivity contribution < 1.29 is 0 Å². The van der Waals surface area contributed by atoms with Gasteiger partial charge in [0, 0.05) is 11.5 Å². The average Bonchev–Trinajstić information content (AvgIpc) is 2.35. The first-order chi connectivity index (χ1) is 8.59. The lowest BCUT2D eigenvalue weighted by molar-refractivity contribution is -0.0497. The predicted molar refractivity (Wildman–Crippen MR) is 75.1 cm³/mol. The summed E-state index contributed by atoms with van der Waals surface area (Å²) in [6.07, 6.45) is 8.31. The first kappa shape index (κ1) is 13.7. The summed E-state index contributed by atoms with van der Waals surface area (Å²) >= 11 is 0. The van der Waals surface area contributed by atoms with E-state index in [0.717, 1.165) is 17.8 Å². The minimum atomic E-state index is 0.500. The maximum absolute atomic E-state index is 8.51. The Bertz CT molecular complexity index is 335. The molecule has 0 amide bonds. The lowest BCUT2D eigenvalue weighted by Crippen LogP contribution is -2.47. The molecule has 0 radical (unpaired) electrons. The van der Waals surface area contributed by atoms with E-state index in [0.29, 0.717) is 17.9 Å². The normalized spacial score (nSPS) is 41.6. The van der Waals surface area contributed by atoms with Gasteiger partial charge in [0.1, 0.15) is 0 Å². The van der Waals surface area contributed by atoms with Crippen LogP contribution in [0.2, 0.25) is 0 Å². The molecule has 2 unspecified atom stereocenters. The molecular weight excluding hydrogens is 222 g/mol. The molecule has 5 atom stereocenters. The second kappa shape index (κ2) is 5.52. The van der Waals surface area contributed by atoms with E-state index in [1.54, 1.807) is 0 Å². The molecule has 0 aromatic rings. The quantitative estimate of drug-likeness (QED) is 0.376. The molecule has 0 spiro atoms. The van der Waals surface area contributed by atoms with E-state index >= 15 is 0 Å². The molecule has 0 saturated heterocycles. The van der Waals surface area contributed by atoms with Crippen LogP contribution in [0.1, 0.15) is 59.3 Å². The second-order valence-corrected chi connectivity index (χ2v) is 6.91. The Morgan fingerprint density at radius 3 is 2.83 bits per heavy atom. The van der Waals surface area contributed by atoms with Crippen LogP contribution in [-0.2, 0) is 0 Å². The first-order valence-electron chi connectivity index (χ1n) is 7.60. The van der Waals surface area contributed by atoms with Crippen LogP contribution >= 0.6 is 0 Å². The zero-order valence-electron chi connectivity index (χ0n) is 12.1. The largest absolute Gasteiger partial charge is 0.0937 e. The molecule has 2 rings (SSSR count). The number of nitrogens with zero attached hydrogens (tertiary/aromatic N) is 3. The molecule has 2 fully saturated rings. The van der Waals surface area contributed by atoms with Crippen molar-refractivity contribution in [1.29, 1.82) is 0 Å². The molecule has 0 aromatic carbocycles. The van der Waals surface area contributed by atoms with Gasteiger partial charge < -0.3 is 0 Å². The smallest absolute Gasteiger partial charge is 0.0286 e. The fraction of sp³-hybridized carbons (Fsp3) is 1.00. The first-order valence-corrected chi connectivity index (χ1v) is 7.60.